The van der Waals surface area contributed by atoms with E-state index in [2.05, 4.69) is 208 Å². The summed E-state index contributed by atoms with van der Waals surface area (Å²) in [5, 5.41) is 47.5. The Kier molecular flexibility index (Phi) is 41.7. The molecule has 39 heteroatoms. The first-order chi connectivity index (χ1) is 62.8. The van der Waals surface area contributed by atoms with Crippen LogP contribution in [0.3, 0.4) is 0 Å². The number of hydrogen-bond donors (Lipinski definition) is 2. The third-order valence-corrected chi connectivity index (χ3v) is 28.2. The highest BCUT2D eigenvalue weighted by Gasteiger charge is 2.64. The van der Waals surface area contributed by atoms with E-state index in [1.807, 2.05) is 215 Å². The van der Waals surface area contributed by atoms with Crippen molar-refractivity contribution in [1.29, 1.82) is 0 Å². The highest BCUT2D eigenvalue weighted by molar-refractivity contribution is 9.11. The fourth-order valence-corrected chi connectivity index (χ4v) is 17.6. The van der Waals surface area contributed by atoms with E-state index >= 15 is 0 Å². The van der Waals surface area contributed by atoms with Crippen LogP contribution < -0.4 is 5.46 Å². The number of alkyl halides is 1. The fourth-order valence-electron chi connectivity index (χ4n) is 14.5. The Hall–Kier alpha value is -4.99. The summed E-state index contributed by atoms with van der Waals surface area (Å²) in [7, 11) is -1.41. The maximum Gasteiger partial charge on any atom is 0.495 e. The first kappa shape index (κ1) is 110. The average molecular weight is 2300 g/mol. The number of ether oxygens (including phenoxy) is 4. The summed E-state index contributed by atoms with van der Waals surface area (Å²) in [5.74, 6) is 2.67. The van der Waals surface area contributed by atoms with Crippen molar-refractivity contribution in [2.45, 2.75) is 281 Å². The molecule has 0 spiro atoms. The quantitative estimate of drug-likeness (QED) is 0.0803. The first-order valence-corrected chi connectivity index (χ1v) is 52.1. The minimum Gasteiger partial charge on any atom is -0.502 e. The molecule has 2 N–H and O–H groups in total. The van der Waals surface area contributed by atoms with E-state index < -0.39 is 32.3 Å². The van der Waals surface area contributed by atoms with Crippen LogP contribution in [0.2, 0.25) is 20.1 Å². The minimum atomic E-state index is -0.476. The Morgan fingerprint density at radius 2 is 0.820 bits per heavy atom. The predicted molar refractivity (Wildman–Crippen MR) is 560 cm³/mol. The van der Waals surface area contributed by atoms with E-state index in [1.165, 1.54) is 25.7 Å². The zero-order valence-corrected chi connectivity index (χ0v) is 92.6. The molecule has 26 nitrogen and oxygen atoms in total. The van der Waals surface area contributed by atoms with Crippen molar-refractivity contribution < 1.29 is 46.9 Å². The van der Waals surface area contributed by atoms with Crippen molar-refractivity contribution in [3.05, 3.63) is 178 Å². The Balaban J connectivity index is 0.000000159. The lowest BCUT2D eigenvalue weighted by molar-refractivity contribution is -0.0367. The lowest BCUT2D eigenvalue weighted by atomic mass is 9.49. The molecule has 12 aromatic rings. The first-order valence-electron chi connectivity index (χ1n) is 45.5. The second-order valence-corrected chi connectivity index (χ2v) is 45.0. The number of allylic oxidation sites excluding steroid dienone is 1. The number of fused-ring (bicyclic) bond motifs is 4. The number of halogens is 10. The van der Waals surface area contributed by atoms with Crippen molar-refractivity contribution >= 4 is 212 Å². The molecule has 133 heavy (non-hydrogen) atoms. The van der Waals surface area contributed by atoms with Gasteiger partial charge in [0.05, 0.1) is 132 Å². The third-order valence-electron chi connectivity index (χ3n) is 23.5. The highest BCUT2D eigenvalue weighted by Crippen LogP contribution is 2.45. The van der Waals surface area contributed by atoms with Crippen LogP contribution in [0.5, 0.6) is 0 Å². The smallest absolute Gasteiger partial charge is 0.495 e. The molecule has 0 bridgehead atoms. The predicted octanol–water partition coefficient (Wildman–Crippen LogP) is 27.1. The van der Waals surface area contributed by atoms with Crippen molar-refractivity contribution in [1.82, 2.24) is 79.1 Å². The molecule has 7 aliphatic heterocycles. The molecule has 0 radical (unpaired) electrons. The molecule has 0 amide bonds. The summed E-state index contributed by atoms with van der Waals surface area (Å²) in [5.41, 5.74) is 4.78. The van der Waals surface area contributed by atoms with Crippen LogP contribution in [0.1, 0.15) is 228 Å². The molecule has 6 saturated heterocycles. The second kappa shape index (κ2) is 50.4. The van der Waals surface area contributed by atoms with Crippen LogP contribution in [0, 0.1) is 23.7 Å². The van der Waals surface area contributed by atoms with Crippen LogP contribution in [-0.2, 0) is 66.5 Å². The monoisotopic (exact) mass is 2290 g/mol. The maximum absolute atomic E-state index is 6.42. The van der Waals surface area contributed by atoms with Gasteiger partial charge in [-0.15, -0.1) is 0 Å². The van der Waals surface area contributed by atoms with Gasteiger partial charge >= 0.3 is 21.1 Å². The van der Waals surface area contributed by atoms with Crippen molar-refractivity contribution in [2.24, 2.45) is 23.7 Å². The van der Waals surface area contributed by atoms with Gasteiger partial charge in [0.15, 0.2) is 18.7 Å². The van der Waals surface area contributed by atoms with E-state index in [4.69, 9.17) is 93.3 Å². The summed E-state index contributed by atoms with van der Waals surface area (Å²) >= 11 is 44.8. The molecule has 15 heterocycles. The number of aromatic nitrogens is 16. The van der Waals surface area contributed by atoms with Crippen LogP contribution in [0.25, 0.3) is 54.7 Å². The highest BCUT2D eigenvalue weighted by atomic mass is 79.9. The Labute approximate surface area is 855 Å². The topological polar surface area (TPSA) is 257 Å². The van der Waals surface area contributed by atoms with E-state index in [0.717, 1.165) is 185 Å². The SMILES string of the molecule is Brc1cn[nH]c1.C1=COCCC1.CC(C)CBr.CC(C)Cn1cc(-c2cc(Cl)cc3c2cnn3C2CCCCO2)cn1.CC(C)Cn1cc(Br)cn1.CC(C)Cn1cc(Br)cn1.CC1(C)OB(B2OC(C)(C)C(C)(C)O2)OC1(C)C.CC1(C)OB(c2cc(Cl)cc3c2cnn3C2CCCCO2)OC1(C)C.Clc1cc(Br)c2cn[nH]c2c1.Clc1cc(Br)c2cnn(C3CCCCO3)c2c1. The zero-order chi connectivity index (χ0) is 96.9. The fraction of sp³-hybridized carbons (Fsp3) is 0.553. The summed E-state index contributed by atoms with van der Waals surface area (Å²) < 4.78 is 75.5. The van der Waals surface area contributed by atoms with Crippen molar-refractivity contribution in [3.63, 3.8) is 0 Å². The number of aromatic amines is 2. The van der Waals surface area contributed by atoms with E-state index in [-0.39, 0.29) is 41.1 Å². The Morgan fingerprint density at radius 3 is 1.20 bits per heavy atom. The molecular formula is C94H129B3Br6Cl4N16O10. The summed E-state index contributed by atoms with van der Waals surface area (Å²) in [4.78, 5) is 0. The average Bonchev–Trinajstić information content (AvgIpc) is 1.59. The summed E-state index contributed by atoms with van der Waals surface area (Å²) in [6.07, 6.45) is 38.5. The van der Waals surface area contributed by atoms with Gasteiger partial charge in [-0.25, -0.2) is 14.0 Å². The minimum absolute atomic E-state index is 0.00114. The number of H-pyrrole nitrogens is 2. The van der Waals surface area contributed by atoms with Crippen molar-refractivity contribution in [2.75, 3.05) is 31.8 Å². The van der Waals surface area contributed by atoms with Gasteiger partial charge in [0.1, 0.15) is 0 Å². The molecule has 3 atom stereocenters. The number of nitrogens with one attached hydrogen (secondary N) is 2. The molecule has 724 valence electrons. The van der Waals surface area contributed by atoms with Crippen LogP contribution in [-0.4, -0.2) is 166 Å². The molecule has 4 aromatic carbocycles. The Morgan fingerprint density at radius 1 is 0.414 bits per heavy atom. The normalized spacial score (nSPS) is 19.4. The molecule has 3 unspecified atom stereocenters. The van der Waals surface area contributed by atoms with Gasteiger partial charge in [0.25, 0.3) is 0 Å². The molecule has 19 rings (SSSR count). The largest absolute Gasteiger partial charge is 0.502 e. The number of hydrogen-bond acceptors (Lipinski definition) is 18. The molecular weight excluding hydrogens is 2170 g/mol. The van der Waals surface area contributed by atoms with Gasteiger partial charge in [-0.2, -0.15) is 40.8 Å². The van der Waals surface area contributed by atoms with Gasteiger partial charge < -0.3 is 46.9 Å². The zero-order valence-electron chi connectivity index (χ0n) is 80.0. The lowest BCUT2D eigenvalue weighted by Crippen LogP contribution is -2.41. The molecule has 0 saturated carbocycles. The van der Waals surface area contributed by atoms with Gasteiger partial charge in [0, 0.05) is 126 Å². The number of nitrogens with zero attached hydrogens (tertiary/aromatic N) is 14. The molecule has 8 aromatic heterocycles. The standard InChI is InChI=1S/C19H23ClN4O.C18H24BClN2O3.C12H24B2O4.C12H12BrClN2O.C7H4BrClN2.2C7H11BrN2.C5H8O.C4H9Br.C3H3BrN2/c1-13(2)11-23-12-14(9-21-23)16-7-15(20)8-18-17(16)10-22-24(18)19-5-3-4-6-25-19;1-17(2)18(3,4)25-19(24-17)14-9-12(20)10-15-13(14)11-21-22(15)16-7-5-6-8-23-16;1-9(2)10(3,4)16-13(15-9)14-17-11(5,6)12(7,8)18-14;13-10-5-8(14)6-11-9(10)7-15-16(11)12-3-1-2-4-17-12;8-6-1-4(9)2-7-5(6)3-10-11-7;2*1-6(2)4-10-5-7(8)3-9-10;1-2-4-6-5-3-1;1-4(2)3-5;4-3-1-5-6-2-3/h7-10,12-13,19H,3-6,11H2,1-2H3;9-11,16H,5-8H2,1-4H3;1-8H3;5-7,12H,1-4H2;1-3H,(H,10,11);2*3,5-6H,4H2,1-2H3;2,4H,1,3,5H2;4H,3H2,1-2H3;1-2H,(H,5,6). The van der Waals surface area contributed by atoms with E-state index in [9.17, 15) is 0 Å². The van der Waals surface area contributed by atoms with Gasteiger partial charge in [0.2, 0.25) is 0 Å². The number of benzene rings is 4. The molecule has 0 aliphatic carbocycles. The molecule has 6 fully saturated rings. The maximum atomic E-state index is 6.42. The molecule has 7 aliphatic rings. The van der Waals surface area contributed by atoms with Crippen LogP contribution >= 0.6 is 142 Å². The second-order valence-electron chi connectivity index (χ2n) is 38.2. The van der Waals surface area contributed by atoms with E-state index in [0.29, 0.717) is 37.8 Å². The van der Waals surface area contributed by atoms with Gasteiger partial charge in [-0.3, -0.25) is 24.2 Å². The van der Waals surface area contributed by atoms with Crippen LogP contribution in [0.4, 0.5) is 0 Å². The third kappa shape index (κ3) is 31.5. The van der Waals surface area contributed by atoms with E-state index in [1.54, 1.807) is 24.9 Å². The lowest BCUT2D eigenvalue weighted by Gasteiger charge is -2.32. The summed E-state index contributed by atoms with van der Waals surface area (Å²) in [6, 6.07) is 15.3. The summed E-state index contributed by atoms with van der Waals surface area (Å²) in [6.45, 7) is 48.0. The van der Waals surface area contributed by atoms with Crippen molar-refractivity contribution in [3.8, 4) is 11.1 Å². The number of rotatable bonds is 13. The van der Waals surface area contributed by atoms with Gasteiger partial charge in [-0.1, -0.05) is 118 Å². The Bertz CT molecular complexity index is 5490. The van der Waals surface area contributed by atoms with Gasteiger partial charge in [-0.05, 0) is 323 Å². The van der Waals surface area contributed by atoms with Crippen LogP contribution in [0.15, 0.2) is 158 Å².